The van der Waals surface area contributed by atoms with E-state index in [9.17, 15) is 4.39 Å². The van der Waals surface area contributed by atoms with Gasteiger partial charge in [0.15, 0.2) is 5.96 Å². The van der Waals surface area contributed by atoms with Crippen LogP contribution in [0.15, 0.2) is 47.6 Å². The maximum absolute atomic E-state index is 13.0. The molecule has 0 saturated carbocycles. The summed E-state index contributed by atoms with van der Waals surface area (Å²) in [7, 11) is 2.15. The van der Waals surface area contributed by atoms with Crippen molar-refractivity contribution in [2.24, 2.45) is 4.99 Å². The fraction of sp³-hybridized carbons (Fsp3) is 0.429. The van der Waals surface area contributed by atoms with E-state index >= 15 is 0 Å². The van der Waals surface area contributed by atoms with Gasteiger partial charge in [-0.1, -0.05) is 12.1 Å². The minimum absolute atomic E-state index is 0.224. The van der Waals surface area contributed by atoms with E-state index < -0.39 is 0 Å². The van der Waals surface area contributed by atoms with Crippen LogP contribution in [0.4, 0.5) is 10.2 Å². The van der Waals surface area contributed by atoms with E-state index in [1.807, 2.05) is 19.2 Å². The molecule has 150 valence electrons. The number of hydrogen-bond acceptors (Lipinski definition) is 4. The van der Waals surface area contributed by atoms with Crippen LogP contribution in [0.5, 0.6) is 0 Å². The Bertz CT molecular complexity index is 769. The van der Waals surface area contributed by atoms with Gasteiger partial charge >= 0.3 is 0 Å². The van der Waals surface area contributed by atoms with Crippen LogP contribution >= 0.6 is 0 Å². The molecule has 1 aliphatic rings. The third-order valence-corrected chi connectivity index (χ3v) is 4.77. The van der Waals surface area contributed by atoms with Crippen LogP contribution in [0.1, 0.15) is 18.1 Å². The van der Waals surface area contributed by atoms with Gasteiger partial charge in [0, 0.05) is 45.5 Å². The predicted molar refractivity (Wildman–Crippen MR) is 112 cm³/mol. The van der Waals surface area contributed by atoms with Crippen LogP contribution in [0.25, 0.3) is 0 Å². The van der Waals surface area contributed by atoms with Gasteiger partial charge in [0.1, 0.15) is 11.6 Å². The number of aromatic nitrogens is 1. The Morgan fingerprint density at radius 3 is 2.54 bits per heavy atom. The van der Waals surface area contributed by atoms with E-state index in [1.54, 1.807) is 12.1 Å². The highest BCUT2D eigenvalue weighted by atomic mass is 19.1. The molecular formula is C21H29FN6. The summed E-state index contributed by atoms with van der Waals surface area (Å²) in [6, 6.07) is 10.6. The fourth-order valence-corrected chi connectivity index (χ4v) is 3.07. The van der Waals surface area contributed by atoms with Crippen LogP contribution in [-0.4, -0.2) is 55.6 Å². The Hall–Kier alpha value is -2.67. The van der Waals surface area contributed by atoms with Crippen LogP contribution in [0.2, 0.25) is 0 Å². The molecule has 0 bridgehead atoms. The Kier molecular flexibility index (Phi) is 7.19. The highest BCUT2D eigenvalue weighted by molar-refractivity contribution is 5.79. The molecule has 7 heteroatoms. The van der Waals surface area contributed by atoms with Gasteiger partial charge in [0.25, 0.3) is 0 Å². The number of rotatable bonds is 6. The predicted octanol–water partition coefficient (Wildman–Crippen LogP) is 2.23. The number of nitrogens with zero attached hydrogens (tertiary/aromatic N) is 4. The molecule has 2 heterocycles. The Morgan fingerprint density at radius 2 is 1.82 bits per heavy atom. The zero-order valence-corrected chi connectivity index (χ0v) is 16.7. The van der Waals surface area contributed by atoms with Gasteiger partial charge in [-0.2, -0.15) is 0 Å². The first kappa shape index (κ1) is 20.1. The van der Waals surface area contributed by atoms with Crippen molar-refractivity contribution in [1.29, 1.82) is 0 Å². The number of aliphatic imine (C=N–C) groups is 1. The number of halogens is 1. The second kappa shape index (κ2) is 10.0. The highest BCUT2D eigenvalue weighted by Gasteiger charge is 2.15. The number of piperazine rings is 1. The van der Waals surface area contributed by atoms with Crippen molar-refractivity contribution in [2.45, 2.75) is 20.0 Å². The highest BCUT2D eigenvalue weighted by Crippen LogP contribution is 2.15. The second-order valence-corrected chi connectivity index (χ2v) is 6.99. The van der Waals surface area contributed by atoms with Crippen molar-refractivity contribution >= 4 is 11.8 Å². The maximum atomic E-state index is 13.0. The first-order chi connectivity index (χ1) is 13.6. The molecule has 3 rings (SSSR count). The number of pyridine rings is 1. The Balaban J connectivity index is 1.60. The molecule has 28 heavy (non-hydrogen) atoms. The normalized spacial score (nSPS) is 15.5. The molecule has 1 aromatic carbocycles. The lowest BCUT2D eigenvalue weighted by Crippen LogP contribution is -2.44. The third-order valence-electron chi connectivity index (χ3n) is 4.77. The van der Waals surface area contributed by atoms with Crippen LogP contribution in [0.3, 0.4) is 0 Å². The van der Waals surface area contributed by atoms with Gasteiger partial charge in [-0.05, 0) is 49.4 Å². The zero-order chi connectivity index (χ0) is 19.8. The molecule has 2 aromatic rings. The number of hydrogen-bond donors (Lipinski definition) is 2. The Labute approximate surface area is 166 Å². The summed E-state index contributed by atoms with van der Waals surface area (Å²) in [5, 5.41) is 6.54. The number of nitrogens with one attached hydrogen (secondary N) is 2. The number of likely N-dealkylation sites (N-methyl/N-ethyl adjacent to an activating group) is 1. The molecule has 1 saturated heterocycles. The topological polar surface area (TPSA) is 55.8 Å². The van der Waals surface area contributed by atoms with Crippen LogP contribution < -0.4 is 15.5 Å². The summed E-state index contributed by atoms with van der Waals surface area (Å²) < 4.78 is 13.0. The van der Waals surface area contributed by atoms with Crippen molar-refractivity contribution < 1.29 is 4.39 Å². The minimum Gasteiger partial charge on any atom is -0.357 e. The summed E-state index contributed by atoms with van der Waals surface area (Å²) in [4.78, 5) is 13.9. The molecule has 1 aromatic heterocycles. The summed E-state index contributed by atoms with van der Waals surface area (Å²) >= 11 is 0. The summed E-state index contributed by atoms with van der Waals surface area (Å²) in [5.41, 5.74) is 2.14. The first-order valence-electron chi connectivity index (χ1n) is 9.79. The van der Waals surface area contributed by atoms with Gasteiger partial charge in [-0.25, -0.2) is 14.4 Å². The lowest BCUT2D eigenvalue weighted by molar-refractivity contribution is 0.312. The largest absolute Gasteiger partial charge is 0.357 e. The lowest BCUT2D eigenvalue weighted by Gasteiger charge is -2.33. The molecule has 0 atom stereocenters. The number of anilines is 1. The molecule has 0 aliphatic carbocycles. The second-order valence-electron chi connectivity index (χ2n) is 6.99. The Morgan fingerprint density at radius 1 is 1.07 bits per heavy atom. The van der Waals surface area contributed by atoms with E-state index in [4.69, 9.17) is 0 Å². The molecule has 0 spiro atoms. The van der Waals surface area contributed by atoms with E-state index in [2.05, 4.69) is 43.5 Å². The van der Waals surface area contributed by atoms with E-state index in [0.29, 0.717) is 13.1 Å². The molecule has 0 unspecified atom stereocenters. The zero-order valence-electron chi connectivity index (χ0n) is 16.7. The summed E-state index contributed by atoms with van der Waals surface area (Å²) in [6.07, 6.45) is 1.86. The third kappa shape index (κ3) is 5.92. The van der Waals surface area contributed by atoms with E-state index in [0.717, 1.165) is 55.6 Å². The molecule has 1 aliphatic heterocycles. The summed E-state index contributed by atoms with van der Waals surface area (Å²) in [5.74, 6) is 1.54. The molecule has 2 N–H and O–H groups in total. The standard InChI is InChI=1S/C21H29FN6/c1-3-23-21(25-15-17-4-6-19(22)7-5-17)26-16-18-8-9-24-20(14-18)28-12-10-27(2)11-13-28/h4-9,14H,3,10-13,15-16H2,1-2H3,(H2,23,25,26). The lowest BCUT2D eigenvalue weighted by atomic mass is 10.2. The van der Waals surface area contributed by atoms with E-state index in [1.165, 1.54) is 12.1 Å². The smallest absolute Gasteiger partial charge is 0.191 e. The first-order valence-corrected chi connectivity index (χ1v) is 9.79. The van der Waals surface area contributed by atoms with Crippen molar-refractivity contribution in [3.8, 4) is 0 Å². The summed E-state index contributed by atoms with van der Waals surface area (Å²) in [6.45, 7) is 8.09. The molecule has 6 nitrogen and oxygen atoms in total. The van der Waals surface area contributed by atoms with Crippen molar-refractivity contribution in [3.63, 3.8) is 0 Å². The monoisotopic (exact) mass is 384 g/mol. The SMILES string of the molecule is CCNC(=NCc1ccnc(N2CCN(C)CC2)c1)NCc1ccc(F)cc1. The van der Waals surface area contributed by atoms with Crippen molar-refractivity contribution in [2.75, 3.05) is 44.7 Å². The van der Waals surface area contributed by atoms with Gasteiger partial charge < -0.3 is 20.4 Å². The van der Waals surface area contributed by atoms with Gasteiger partial charge in [0.05, 0.1) is 6.54 Å². The molecule has 0 amide bonds. The average molecular weight is 385 g/mol. The van der Waals surface area contributed by atoms with Crippen LogP contribution in [-0.2, 0) is 13.1 Å². The quantitative estimate of drug-likeness (QED) is 0.591. The average Bonchev–Trinajstić information content (AvgIpc) is 2.72. The van der Waals surface area contributed by atoms with Crippen molar-refractivity contribution in [3.05, 3.63) is 59.5 Å². The number of guanidine groups is 1. The van der Waals surface area contributed by atoms with Crippen LogP contribution in [0, 0.1) is 5.82 Å². The molecule has 1 fully saturated rings. The number of benzene rings is 1. The van der Waals surface area contributed by atoms with Gasteiger partial charge in [-0.15, -0.1) is 0 Å². The molecular weight excluding hydrogens is 355 g/mol. The van der Waals surface area contributed by atoms with Gasteiger partial charge in [0.2, 0.25) is 0 Å². The van der Waals surface area contributed by atoms with Crippen molar-refractivity contribution in [1.82, 2.24) is 20.5 Å². The maximum Gasteiger partial charge on any atom is 0.191 e. The fourth-order valence-electron chi connectivity index (χ4n) is 3.07. The molecule has 0 radical (unpaired) electrons. The van der Waals surface area contributed by atoms with Gasteiger partial charge in [-0.3, -0.25) is 0 Å². The van der Waals surface area contributed by atoms with E-state index in [-0.39, 0.29) is 5.82 Å². The minimum atomic E-state index is -0.224.